The Bertz CT molecular complexity index is 521. The quantitative estimate of drug-likeness (QED) is 0.616. The average molecular weight is 303 g/mol. The highest BCUT2D eigenvalue weighted by molar-refractivity contribution is 7.98. The van der Waals surface area contributed by atoms with Crippen LogP contribution in [0, 0.1) is 13.8 Å². The number of aryl methyl sites for hydroxylation is 2. The fourth-order valence-electron chi connectivity index (χ4n) is 1.94. The summed E-state index contributed by atoms with van der Waals surface area (Å²) in [5, 5.41) is 0. The van der Waals surface area contributed by atoms with Gasteiger partial charge in [0.25, 0.3) is 0 Å². The Balaban J connectivity index is 3.22. The summed E-state index contributed by atoms with van der Waals surface area (Å²) in [5.74, 6) is 6.13. The Labute approximate surface area is 119 Å². The van der Waals surface area contributed by atoms with Gasteiger partial charge in [-0.15, -0.1) is 0 Å². The number of rotatable bonds is 6. The zero-order valence-electron chi connectivity index (χ0n) is 11.7. The van der Waals surface area contributed by atoms with Crippen LogP contribution in [0.25, 0.3) is 0 Å². The first-order valence-corrected chi connectivity index (χ1v) is 8.71. The predicted octanol–water partition coefficient (Wildman–Crippen LogP) is 1.57. The maximum Gasteiger partial charge on any atom is 0.243 e. The summed E-state index contributed by atoms with van der Waals surface area (Å²) < 4.78 is 26.5. The van der Waals surface area contributed by atoms with E-state index in [9.17, 15) is 8.42 Å². The lowest BCUT2D eigenvalue weighted by Crippen LogP contribution is -2.30. The van der Waals surface area contributed by atoms with Crippen LogP contribution in [0.4, 0.5) is 5.69 Å². The number of benzene rings is 1. The van der Waals surface area contributed by atoms with Crippen LogP contribution < -0.4 is 11.3 Å². The van der Waals surface area contributed by atoms with Crippen molar-refractivity contribution in [3.8, 4) is 0 Å². The van der Waals surface area contributed by atoms with Gasteiger partial charge in [0.05, 0.1) is 4.90 Å². The Morgan fingerprint density at radius 3 is 2.26 bits per heavy atom. The van der Waals surface area contributed by atoms with Crippen LogP contribution in [0.5, 0.6) is 0 Å². The summed E-state index contributed by atoms with van der Waals surface area (Å²) in [5.41, 5.74) is 4.64. The van der Waals surface area contributed by atoms with E-state index in [2.05, 4.69) is 5.43 Å². The molecule has 0 spiro atoms. The van der Waals surface area contributed by atoms with Gasteiger partial charge in [0.1, 0.15) is 0 Å². The van der Waals surface area contributed by atoms with Crippen molar-refractivity contribution in [3.05, 3.63) is 23.3 Å². The molecule has 19 heavy (non-hydrogen) atoms. The molecule has 0 amide bonds. The van der Waals surface area contributed by atoms with Crippen molar-refractivity contribution in [2.24, 2.45) is 5.84 Å². The Kier molecular flexibility index (Phi) is 5.66. The van der Waals surface area contributed by atoms with Crippen LogP contribution in [0.1, 0.15) is 11.1 Å². The molecule has 0 saturated heterocycles. The highest BCUT2D eigenvalue weighted by atomic mass is 32.2. The van der Waals surface area contributed by atoms with Crippen LogP contribution in [0.2, 0.25) is 0 Å². The molecule has 0 aliphatic heterocycles. The minimum Gasteiger partial charge on any atom is -0.324 e. The summed E-state index contributed by atoms with van der Waals surface area (Å²) >= 11 is 1.62. The number of nitrogens with zero attached hydrogens (tertiary/aromatic N) is 1. The van der Waals surface area contributed by atoms with Crippen molar-refractivity contribution in [1.82, 2.24) is 4.31 Å². The molecule has 7 heteroatoms. The Morgan fingerprint density at radius 2 is 1.84 bits per heavy atom. The smallest absolute Gasteiger partial charge is 0.243 e. The number of hydrogen-bond acceptors (Lipinski definition) is 5. The van der Waals surface area contributed by atoms with Crippen LogP contribution in [-0.4, -0.2) is 38.3 Å². The molecule has 0 heterocycles. The van der Waals surface area contributed by atoms with Gasteiger partial charge in [-0.2, -0.15) is 11.8 Å². The van der Waals surface area contributed by atoms with Gasteiger partial charge >= 0.3 is 0 Å². The van der Waals surface area contributed by atoms with Gasteiger partial charge in [-0.05, 0) is 43.4 Å². The first kappa shape index (κ1) is 16.3. The fraction of sp³-hybridized carbons (Fsp3) is 0.500. The van der Waals surface area contributed by atoms with Crippen molar-refractivity contribution in [2.45, 2.75) is 18.7 Å². The van der Waals surface area contributed by atoms with E-state index in [4.69, 9.17) is 5.84 Å². The molecule has 0 aliphatic rings. The van der Waals surface area contributed by atoms with Gasteiger partial charge in [-0.1, -0.05) is 0 Å². The van der Waals surface area contributed by atoms with E-state index in [1.807, 2.05) is 6.26 Å². The van der Waals surface area contributed by atoms with Crippen molar-refractivity contribution in [2.75, 3.05) is 31.0 Å². The van der Waals surface area contributed by atoms with Gasteiger partial charge in [-0.25, -0.2) is 12.7 Å². The number of thioether (sulfide) groups is 1. The second kappa shape index (κ2) is 6.60. The lowest BCUT2D eigenvalue weighted by molar-refractivity contribution is 0.487. The monoisotopic (exact) mass is 303 g/mol. The summed E-state index contributed by atoms with van der Waals surface area (Å²) in [6, 6.07) is 3.48. The fourth-order valence-corrected chi connectivity index (χ4v) is 4.08. The van der Waals surface area contributed by atoms with Crippen molar-refractivity contribution in [3.63, 3.8) is 0 Å². The first-order valence-electron chi connectivity index (χ1n) is 5.87. The maximum absolute atomic E-state index is 12.5. The number of anilines is 1. The maximum atomic E-state index is 12.5. The Hall–Kier alpha value is -0.760. The number of sulfonamides is 1. The predicted molar refractivity (Wildman–Crippen MR) is 81.9 cm³/mol. The van der Waals surface area contributed by atoms with E-state index >= 15 is 0 Å². The zero-order valence-corrected chi connectivity index (χ0v) is 13.4. The molecule has 0 aromatic heterocycles. The van der Waals surface area contributed by atoms with Crippen molar-refractivity contribution >= 4 is 27.5 Å². The van der Waals surface area contributed by atoms with Gasteiger partial charge in [0.2, 0.25) is 10.0 Å². The number of nitrogens with two attached hydrogens (primary N) is 1. The van der Waals surface area contributed by atoms with E-state index in [0.29, 0.717) is 28.3 Å². The Morgan fingerprint density at radius 1 is 1.32 bits per heavy atom. The molecule has 0 aliphatic carbocycles. The lowest BCUT2D eigenvalue weighted by Gasteiger charge is -2.20. The van der Waals surface area contributed by atoms with Crippen LogP contribution in [0.3, 0.4) is 0 Å². The number of hydrazine groups is 1. The van der Waals surface area contributed by atoms with Crippen molar-refractivity contribution in [1.29, 1.82) is 0 Å². The summed E-state index contributed by atoms with van der Waals surface area (Å²) in [4.78, 5) is 0.370. The van der Waals surface area contributed by atoms with Crippen molar-refractivity contribution < 1.29 is 8.42 Å². The summed E-state index contributed by atoms with van der Waals surface area (Å²) in [7, 11) is -1.84. The highest BCUT2D eigenvalue weighted by Gasteiger charge is 2.24. The molecular formula is C12H21N3O2S2. The second-order valence-electron chi connectivity index (χ2n) is 4.40. The average Bonchev–Trinajstić information content (AvgIpc) is 2.34. The molecule has 0 saturated carbocycles. The zero-order chi connectivity index (χ0) is 14.6. The molecule has 0 atom stereocenters. The second-order valence-corrected chi connectivity index (χ2v) is 7.37. The molecule has 3 N–H and O–H groups in total. The third-order valence-corrected chi connectivity index (χ3v) is 5.66. The molecule has 1 aromatic rings. The van der Waals surface area contributed by atoms with Gasteiger partial charge in [0, 0.05) is 25.0 Å². The molecule has 0 bridgehead atoms. The van der Waals surface area contributed by atoms with Crippen LogP contribution in [-0.2, 0) is 10.0 Å². The number of nitrogen functional groups attached to an aromatic ring is 1. The van der Waals surface area contributed by atoms with E-state index in [1.165, 1.54) is 4.31 Å². The van der Waals surface area contributed by atoms with E-state index in [-0.39, 0.29) is 0 Å². The molecule has 0 fully saturated rings. The van der Waals surface area contributed by atoms with E-state index < -0.39 is 10.0 Å². The normalized spacial score (nSPS) is 11.9. The first-order chi connectivity index (χ1) is 8.84. The lowest BCUT2D eigenvalue weighted by atomic mass is 10.1. The van der Waals surface area contributed by atoms with E-state index in [1.54, 1.807) is 44.8 Å². The minimum atomic E-state index is -3.45. The number of nitrogens with one attached hydrogen (secondary N) is 1. The van der Waals surface area contributed by atoms with Gasteiger partial charge < -0.3 is 5.43 Å². The third-order valence-electron chi connectivity index (χ3n) is 2.91. The molecule has 108 valence electrons. The summed E-state index contributed by atoms with van der Waals surface area (Å²) in [6.07, 6.45) is 1.96. The standard InChI is InChI=1S/C12H21N3O2S2/c1-9-7-11(14-13)8-10(2)12(9)19(16,17)15(3)5-6-18-4/h7-8,14H,5-6,13H2,1-4H3. The van der Waals surface area contributed by atoms with Crippen LogP contribution >= 0.6 is 11.8 Å². The molecule has 0 radical (unpaired) electrons. The molecule has 1 rings (SSSR count). The minimum absolute atomic E-state index is 0.370. The molecular weight excluding hydrogens is 282 g/mol. The van der Waals surface area contributed by atoms with Gasteiger partial charge in [0.15, 0.2) is 0 Å². The highest BCUT2D eigenvalue weighted by Crippen LogP contribution is 2.26. The van der Waals surface area contributed by atoms with Gasteiger partial charge in [-0.3, -0.25) is 5.84 Å². The third kappa shape index (κ3) is 3.62. The largest absolute Gasteiger partial charge is 0.324 e. The van der Waals surface area contributed by atoms with E-state index in [0.717, 1.165) is 5.75 Å². The molecule has 5 nitrogen and oxygen atoms in total. The molecule has 0 unspecified atom stereocenters. The molecule has 1 aromatic carbocycles. The summed E-state index contributed by atoms with van der Waals surface area (Å²) in [6.45, 7) is 4.06. The SMILES string of the molecule is CSCCN(C)S(=O)(=O)c1c(C)cc(NN)cc1C. The number of hydrogen-bond donors (Lipinski definition) is 2. The topological polar surface area (TPSA) is 75.4 Å². The van der Waals surface area contributed by atoms with Crippen LogP contribution in [0.15, 0.2) is 17.0 Å².